The quantitative estimate of drug-likeness (QED) is 0.0457. The number of carboxylic acid groups (broad SMARTS) is 1. The highest BCUT2D eigenvalue weighted by Gasteiger charge is 2.40. The Kier molecular flexibility index (Phi) is 22.9. The molecule has 0 radical (unpaired) electrons. The summed E-state index contributed by atoms with van der Waals surface area (Å²) in [5, 5.41) is 46.5. The number of nitrogens with one attached hydrogen (secondary N) is 7. The van der Waals surface area contributed by atoms with Crippen molar-refractivity contribution in [3.8, 4) is 0 Å². The second kappa shape index (κ2) is 25.8. The molecule has 348 valence electrons. The number of carbonyl (C=O) groups excluding carboxylic acids is 8. The van der Waals surface area contributed by atoms with Crippen LogP contribution in [0.2, 0.25) is 0 Å². The lowest BCUT2D eigenvalue weighted by molar-refractivity contribution is -0.143. The molecular weight excluding hydrogens is 798 g/mol. The molecule has 1 saturated heterocycles. The maximum Gasteiger partial charge on any atom is 0.326 e. The third-order valence-corrected chi connectivity index (χ3v) is 9.87. The zero-order chi connectivity index (χ0) is 46.9. The van der Waals surface area contributed by atoms with Gasteiger partial charge in [-0.15, -0.1) is 0 Å². The summed E-state index contributed by atoms with van der Waals surface area (Å²) < 4.78 is 0. The van der Waals surface area contributed by atoms with E-state index in [-0.39, 0.29) is 43.6 Å². The molecule has 0 aliphatic carbocycles. The van der Waals surface area contributed by atoms with Gasteiger partial charge in [-0.2, -0.15) is 0 Å². The van der Waals surface area contributed by atoms with E-state index < -0.39 is 127 Å². The van der Waals surface area contributed by atoms with Gasteiger partial charge in [-0.1, -0.05) is 55.4 Å². The van der Waals surface area contributed by atoms with Crippen molar-refractivity contribution in [2.45, 2.75) is 156 Å². The molecule has 0 aromatic rings. The van der Waals surface area contributed by atoms with E-state index in [0.29, 0.717) is 12.8 Å². The first-order chi connectivity index (χ1) is 28.3. The molecule has 1 heterocycles. The summed E-state index contributed by atoms with van der Waals surface area (Å²) in [4.78, 5) is 119. The minimum atomic E-state index is -1.65. The smallest absolute Gasteiger partial charge is 0.326 e. The Hall–Kier alpha value is -4.89. The van der Waals surface area contributed by atoms with Crippen LogP contribution < -0.4 is 43.0 Å². The molecule has 1 aliphatic rings. The van der Waals surface area contributed by atoms with Gasteiger partial charge in [-0.05, 0) is 69.6 Å². The number of aliphatic carboxylic acids is 1. The summed E-state index contributed by atoms with van der Waals surface area (Å²) in [5.74, 6) is -8.02. The molecule has 0 spiro atoms. The first kappa shape index (κ1) is 54.1. The van der Waals surface area contributed by atoms with Crippen LogP contribution in [0, 0.1) is 23.7 Å². The number of hydrogen-bond acceptors (Lipinski definition) is 12. The fourth-order valence-corrected chi connectivity index (χ4v) is 6.55. The van der Waals surface area contributed by atoms with E-state index >= 15 is 0 Å². The van der Waals surface area contributed by atoms with E-state index in [0.717, 1.165) is 0 Å². The number of aliphatic hydroxyl groups excluding tert-OH is 2. The van der Waals surface area contributed by atoms with E-state index in [1.54, 1.807) is 27.7 Å². The molecule has 9 atom stereocenters. The third-order valence-electron chi connectivity index (χ3n) is 9.87. The van der Waals surface area contributed by atoms with Gasteiger partial charge in [0.15, 0.2) is 0 Å². The van der Waals surface area contributed by atoms with Crippen molar-refractivity contribution in [2.24, 2.45) is 29.4 Å². The summed E-state index contributed by atoms with van der Waals surface area (Å²) in [6.07, 6.45) is 1.34. The van der Waals surface area contributed by atoms with Crippen LogP contribution in [0.4, 0.5) is 0 Å². The van der Waals surface area contributed by atoms with Gasteiger partial charge in [0.1, 0.15) is 48.3 Å². The molecular formula is C40H71N9O12. The summed E-state index contributed by atoms with van der Waals surface area (Å²) in [7, 11) is 0. The van der Waals surface area contributed by atoms with E-state index in [1.807, 2.05) is 27.7 Å². The number of nitrogens with two attached hydrogens (primary N) is 1. The lowest BCUT2D eigenvalue weighted by Gasteiger charge is -2.31. The molecule has 61 heavy (non-hydrogen) atoms. The molecule has 0 bridgehead atoms. The number of aliphatic hydroxyl groups is 2. The van der Waals surface area contributed by atoms with Crippen LogP contribution >= 0.6 is 0 Å². The Balaban J connectivity index is 3.05. The second-order valence-corrected chi connectivity index (χ2v) is 17.3. The van der Waals surface area contributed by atoms with Gasteiger partial charge in [-0.25, -0.2) is 4.79 Å². The molecule has 21 nitrogen and oxygen atoms in total. The van der Waals surface area contributed by atoms with Gasteiger partial charge >= 0.3 is 5.97 Å². The molecule has 0 unspecified atom stereocenters. The number of amides is 8. The van der Waals surface area contributed by atoms with Crippen molar-refractivity contribution in [2.75, 3.05) is 19.8 Å². The lowest BCUT2D eigenvalue weighted by atomic mass is 9.99. The number of nitrogens with zero attached hydrogens (tertiary/aromatic N) is 1. The molecule has 1 fully saturated rings. The molecule has 1 aliphatic heterocycles. The minimum Gasteiger partial charge on any atom is -0.480 e. The fourth-order valence-electron chi connectivity index (χ4n) is 6.55. The summed E-state index contributed by atoms with van der Waals surface area (Å²) >= 11 is 0. The SMILES string of the molecule is CC(C)C[C@H](NC(=O)[C@H](CO)NC(=O)[C@H](CO)NC(=O)[C@@H](NC(=O)[C@H](C)NC(=O)[C@@H]1CCCN1C(=O)[C@H](CC(C)C)NC(=O)[C@H](CC(C)C)NC(=O)[C@H](C)N)C(C)C)C(=O)O. The van der Waals surface area contributed by atoms with Crippen LogP contribution in [0.5, 0.6) is 0 Å². The summed E-state index contributed by atoms with van der Waals surface area (Å²) in [5.41, 5.74) is 5.71. The van der Waals surface area contributed by atoms with Crippen molar-refractivity contribution in [1.82, 2.24) is 42.1 Å². The summed E-state index contributed by atoms with van der Waals surface area (Å²) in [6, 6.07) is -10.9. The molecule has 12 N–H and O–H groups in total. The average molecular weight is 870 g/mol. The Labute approximate surface area is 358 Å². The Morgan fingerprint density at radius 2 is 0.984 bits per heavy atom. The highest BCUT2D eigenvalue weighted by Crippen LogP contribution is 2.21. The number of likely N-dealkylation sites (tertiary alicyclic amines) is 1. The highest BCUT2D eigenvalue weighted by atomic mass is 16.4. The Morgan fingerprint density at radius 1 is 0.557 bits per heavy atom. The molecule has 0 saturated carbocycles. The molecule has 0 aromatic carbocycles. The van der Waals surface area contributed by atoms with E-state index in [1.165, 1.54) is 18.7 Å². The van der Waals surface area contributed by atoms with Crippen LogP contribution in [-0.2, 0) is 43.2 Å². The first-order valence-electron chi connectivity index (χ1n) is 21.0. The Bertz CT molecular complexity index is 1540. The predicted molar refractivity (Wildman–Crippen MR) is 223 cm³/mol. The van der Waals surface area contributed by atoms with Gasteiger partial charge in [0.25, 0.3) is 0 Å². The standard InChI is InChI=1S/C40H71N9O12/c1-19(2)14-25(43-32(52)23(9)41)34(54)44-26(15-20(3)4)39(59)49-13-11-12-30(49)37(57)42-24(10)33(53)48-31(22(7)8)38(58)47-29(18-51)36(56)46-28(17-50)35(55)45-27(40(60)61)16-21(5)6/h19-31,50-51H,11-18,41H2,1-10H3,(H,42,57)(H,43,52)(H,44,54)(H,45,55)(H,46,56)(H,47,58)(H,48,53)(H,60,61)/t23-,24-,25-,26-,27-,28-,29-,30-,31-/m0/s1. The Morgan fingerprint density at radius 3 is 1.44 bits per heavy atom. The largest absolute Gasteiger partial charge is 0.480 e. The lowest BCUT2D eigenvalue weighted by Crippen LogP contribution is -2.61. The zero-order valence-corrected chi connectivity index (χ0v) is 37.2. The average Bonchev–Trinajstić information content (AvgIpc) is 3.66. The summed E-state index contributed by atoms with van der Waals surface area (Å²) in [6.45, 7) is 15.4. The van der Waals surface area contributed by atoms with Crippen LogP contribution in [-0.4, -0.2) is 148 Å². The molecule has 1 rings (SSSR count). The normalized spacial score (nSPS) is 17.9. The molecule has 8 amide bonds. The predicted octanol–water partition coefficient (Wildman–Crippen LogP) is -2.40. The van der Waals surface area contributed by atoms with Crippen molar-refractivity contribution in [3.63, 3.8) is 0 Å². The molecule has 0 aromatic heterocycles. The maximum atomic E-state index is 14.0. The van der Waals surface area contributed by atoms with Crippen molar-refractivity contribution >= 4 is 53.2 Å². The number of carbonyl (C=O) groups is 9. The van der Waals surface area contributed by atoms with E-state index in [2.05, 4.69) is 37.2 Å². The van der Waals surface area contributed by atoms with Crippen molar-refractivity contribution < 1.29 is 58.5 Å². The van der Waals surface area contributed by atoms with Gasteiger partial charge in [-0.3, -0.25) is 38.4 Å². The number of rotatable bonds is 25. The van der Waals surface area contributed by atoms with Crippen LogP contribution in [0.15, 0.2) is 0 Å². The number of carboxylic acids is 1. The van der Waals surface area contributed by atoms with E-state index in [4.69, 9.17) is 5.73 Å². The van der Waals surface area contributed by atoms with Crippen molar-refractivity contribution in [3.05, 3.63) is 0 Å². The number of hydrogen-bond donors (Lipinski definition) is 11. The third kappa shape index (κ3) is 17.9. The second-order valence-electron chi connectivity index (χ2n) is 17.3. The van der Waals surface area contributed by atoms with Gasteiger partial charge < -0.3 is 63.2 Å². The monoisotopic (exact) mass is 870 g/mol. The van der Waals surface area contributed by atoms with E-state index in [9.17, 15) is 58.5 Å². The van der Waals surface area contributed by atoms with Crippen molar-refractivity contribution in [1.29, 1.82) is 0 Å². The fraction of sp³-hybridized carbons (Fsp3) is 0.775. The van der Waals surface area contributed by atoms with Gasteiger partial charge in [0.2, 0.25) is 47.3 Å². The zero-order valence-electron chi connectivity index (χ0n) is 37.2. The van der Waals surface area contributed by atoms with Crippen LogP contribution in [0.25, 0.3) is 0 Å². The first-order valence-corrected chi connectivity index (χ1v) is 21.0. The highest BCUT2D eigenvalue weighted by molar-refractivity contribution is 5.98. The van der Waals surface area contributed by atoms with Gasteiger partial charge in [0, 0.05) is 6.54 Å². The maximum absolute atomic E-state index is 14.0. The van der Waals surface area contributed by atoms with Gasteiger partial charge in [0.05, 0.1) is 19.3 Å². The van der Waals surface area contributed by atoms with Crippen LogP contribution in [0.3, 0.4) is 0 Å². The van der Waals surface area contributed by atoms with Crippen LogP contribution in [0.1, 0.15) is 101 Å². The topological polar surface area (TPSA) is 328 Å². The minimum absolute atomic E-state index is 0.0205. The molecule has 21 heteroatoms.